The number of nitrogens with zero attached hydrogens (tertiary/aromatic N) is 3. The third-order valence-electron chi connectivity index (χ3n) is 3.40. The molecule has 0 saturated carbocycles. The van der Waals surface area contributed by atoms with Crippen molar-refractivity contribution in [2.75, 3.05) is 22.7 Å². The molecule has 0 spiro atoms. The molecule has 0 radical (unpaired) electrons. The summed E-state index contributed by atoms with van der Waals surface area (Å²) >= 11 is 3.28. The van der Waals surface area contributed by atoms with Crippen LogP contribution in [0.1, 0.15) is 12.8 Å². The van der Waals surface area contributed by atoms with Gasteiger partial charge in [-0.15, -0.1) is 0 Å². The van der Waals surface area contributed by atoms with Crippen molar-refractivity contribution in [3.8, 4) is 0 Å². The molecular weight excluding hydrogens is 368 g/mol. The highest BCUT2D eigenvalue weighted by atomic mass is 79.9. The van der Waals surface area contributed by atoms with E-state index in [1.54, 1.807) is 12.1 Å². The minimum Gasteiger partial charge on any atom is -0.341 e. The van der Waals surface area contributed by atoms with E-state index in [0.29, 0.717) is 11.6 Å². The van der Waals surface area contributed by atoms with Crippen molar-refractivity contribution in [2.45, 2.75) is 17.7 Å². The number of benzene rings is 1. The lowest BCUT2D eigenvalue weighted by molar-refractivity contribution is 0.601. The second-order valence-corrected chi connectivity index (χ2v) is 7.62. The molecule has 8 heteroatoms. The van der Waals surface area contributed by atoms with Gasteiger partial charge in [0.05, 0.1) is 23.0 Å². The first-order valence-corrected chi connectivity index (χ1v) is 9.18. The molecule has 1 aromatic heterocycles. The van der Waals surface area contributed by atoms with E-state index in [0.717, 1.165) is 30.4 Å². The lowest BCUT2D eigenvalue weighted by Gasteiger charge is -2.15. The molecule has 0 unspecified atom stereocenters. The van der Waals surface area contributed by atoms with Gasteiger partial charge in [0.1, 0.15) is 0 Å². The van der Waals surface area contributed by atoms with Gasteiger partial charge in [-0.25, -0.2) is 18.4 Å². The van der Waals surface area contributed by atoms with Gasteiger partial charge in [-0.1, -0.05) is 15.9 Å². The topological polar surface area (TPSA) is 75.2 Å². The van der Waals surface area contributed by atoms with E-state index in [4.69, 9.17) is 0 Å². The van der Waals surface area contributed by atoms with Crippen molar-refractivity contribution in [1.29, 1.82) is 0 Å². The molecule has 22 heavy (non-hydrogen) atoms. The Hall–Kier alpha value is -1.67. The number of nitrogens with one attached hydrogen (secondary N) is 1. The predicted octanol–water partition coefficient (Wildman–Crippen LogP) is 2.64. The van der Waals surface area contributed by atoms with E-state index < -0.39 is 10.0 Å². The maximum Gasteiger partial charge on any atom is 0.261 e. The molecule has 0 bridgehead atoms. The van der Waals surface area contributed by atoms with Crippen LogP contribution in [0.2, 0.25) is 0 Å². The Morgan fingerprint density at radius 2 is 1.64 bits per heavy atom. The van der Waals surface area contributed by atoms with Crippen LogP contribution in [0.4, 0.5) is 11.6 Å². The molecule has 0 aliphatic carbocycles. The van der Waals surface area contributed by atoms with Gasteiger partial charge in [0, 0.05) is 17.6 Å². The summed E-state index contributed by atoms with van der Waals surface area (Å²) in [5.74, 6) is 0.643. The Bertz CT molecular complexity index is 741. The second-order valence-electron chi connectivity index (χ2n) is 5.03. The fraction of sp³-hybridized carbons (Fsp3) is 0.286. The SMILES string of the molecule is O=S(=O)(Nc1cnc(N2CCCC2)nc1)c1ccc(Br)cc1. The molecule has 0 amide bonds. The van der Waals surface area contributed by atoms with E-state index in [1.807, 2.05) is 0 Å². The first kappa shape index (κ1) is 15.2. The van der Waals surface area contributed by atoms with Crippen molar-refractivity contribution in [3.63, 3.8) is 0 Å². The number of rotatable bonds is 4. The van der Waals surface area contributed by atoms with Crippen molar-refractivity contribution in [2.24, 2.45) is 0 Å². The van der Waals surface area contributed by atoms with Crippen molar-refractivity contribution in [1.82, 2.24) is 9.97 Å². The average molecular weight is 383 g/mol. The zero-order valence-corrected chi connectivity index (χ0v) is 14.1. The van der Waals surface area contributed by atoms with Crippen LogP contribution in [0.3, 0.4) is 0 Å². The molecule has 3 rings (SSSR count). The van der Waals surface area contributed by atoms with E-state index in [9.17, 15) is 8.42 Å². The number of aromatic nitrogens is 2. The highest BCUT2D eigenvalue weighted by Gasteiger charge is 2.17. The maximum absolute atomic E-state index is 12.3. The zero-order valence-electron chi connectivity index (χ0n) is 11.7. The van der Waals surface area contributed by atoms with Crippen LogP contribution in [-0.2, 0) is 10.0 Å². The normalized spacial score (nSPS) is 15.0. The third-order valence-corrected chi connectivity index (χ3v) is 5.33. The van der Waals surface area contributed by atoms with Crippen LogP contribution in [-0.4, -0.2) is 31.5 Å². The van der Waals surface area contributed by atoms with Gasteiger partial charge in [0.25, 0.3) is 10.0 Å². The summed E-state index contributed by atoms with van der Waals surface area (Å²) in [5.41, 5.74) is 0.353. The fourth-order valence-corrected chi connectivity index (χ4v) is 3.57. The van der Waals surface area contributed by atoms with Gasteiger partial charge < -0.3 is 4.90 Å². The van der Waals surface area contributed by atoms with E-state index in [-0.39, 0.29) is 4.90 Å². The smallest absolute Gasteiger partial charge is 0.261 e. The van der Waals surface area contributed by atoms with E-state index in [2.05, 4.69) is 35.5 Å². The minimum absolute atomic E-state index is 0.194. The lowest BCUT2D eigenvalue weighted by Crippen LogP contribution is -2.20. The molecular formula is C14H15BrN4O2S. The van der Waals surface area contributed by atoms with Gasteiger partial charge in [-0.3, -0.25) is 4.72 Å². The number of halogens is 1. The van der Waals surface area contributed by atoms with Crippen molar-refractivity contribution < 1.29 is 8.42 Å². The first-order valence-electron chi connectivity index (χ1n) is 6.90. The lowest BCUT2D eigenvalue weighted by atomic mass is 10.4. The quantitative estimate of drug-likeness (QED) is 0.879. The summed E-state index contributed by atoms with van der Waals surface area (Å²) in [4.78, 5) is 10.8. The summed E-state index contributed by atoms with van der Waals surface area (Å²) < 4.78 is 27.8. The largest absolute Gasteiger partial charge is 0.341 e. The van der Waals surface area contributed by atoms with Gasteiger partial charge in [-0.05, 0) is 37.1 Å². The van der Waals surface area contributed by atoms with E-state index >= 15 is 0 Å². The van der Waals surface area contributed by atoms with Crippen LogP contribution < -0.4 is 9.62 Å². The first-order chi connectivity index (χ1) is 10.5. The number of hydrogen-bond acceptors (Lipinski definition) is 5. The molecule has 2 heterocycles. The van der Waals surface area contributed by atoms with Gasteiger partial charge in [-0.2, -0.15) is 0 Å². The molecule has 1 aromatic carbocycles. The van der Waals surface area contributed by atoms with Crippen LogP contribution in [0.15, 0.2) is 46.0 Å². The molecule has 6 nitrogen and oxygen atoms in total. The Kier molecular flexibility index (Phi) is 4.30. The standard InChI is InChI=1S/C14H15BrN4O2S/c15-11-3-5-13(6-4-11)22(20,21)18-12-9-16-14(17-10-12)19-7-1-2-8-19/h3-6,9-10,18H,1-2,7-8H2. The summed E-state index contributed by atoms with van der Waals surface area (Å²) in [6.45, 7) is 1.90. The summed E-state index contributed by atoms with van der Waals surface area (Å²) in [6, 6.07) is 6.43. The fourth-order valence-electron chi connectivity index (χ4n) is 2.28. The molecule has 1 fully saturated rings. The number of sulfonamides is 1. The molecule has 1 aliphatic rings. The Morgan fingerprint density at radius 1 is 1.05 bits per heavy atom. The van der Waals surface area contributed by atoms with Crippen molar-refractivity contribution >= 4 is 37.6 Å². The minimum atomic E-state index is -3.63. The van der Waals surface area contributed by atoms with Crippen LogP contribution in [0, 0.1) is 0 Å². The van der Waals surface area contributed by atoms with Crippen LogP contribution in [0.5, 0.6) is 0 Å². The zero-order chi connectivity index (χ0) is 15.6. The van der Waals surface area contributed by atoms with Gasteiger partial charge in [0.2, 0.25) is 5.95 Å². The number of anilines is 2. The highest BCUT2D eigenvalue weighted by Crippen LogP contribution is 2.19. The maximum atomic E-state index is 12.3. The predicted molar refractivity (Wildman–Crippen MR) is 88.4 cm³/mol. The Morgan fingerprint density at radius 3 is 2.23 bits per heavy atom. The second kappa shape index (κ2) is 6.21. The molecule has 2 aromatic rings. The Balaban J connectivity index is 1.75. The molecule has 0 atom stereocenters. The molecule has 116 valence electrons. The van der Waals surface area contributed by atoms with Gasteiger partial charge >= 0.3 is 0 Å². The Labute approximate surface area is 137 Å². The summed E-state index contributed by atoms with van der Waals surface area (Å²) in [6.07, 6.45) is 5.27. The number of hydrogen-bond donors (Lipinski definition) is 1. The molecule has 1 saturated heterocycles. The van der Waals surface area contributed by atoms with Gasteiger partial charge in [0.15, 0.2) is 0 Å². The summed E-state index contributed by atoms with van der Waals surface area (Å²) in [5, 5.41) is 0. The average Bonchev–Trinajstić information content (AvgIpc) is 3.02. The molecule has 1 aliphatic heterocycles. The highest BCUT2D eigenvalue weighted by molar-refractivity contribution is 9.10. The van der Waals surface area contributed by atoms with Crippen molar-refractivity contribution in [3.05, 3.63) is 41.1 Å². The van der Waals surface area contributed by atoms with Crippen LogP contribution >= 0.6 is 15.9 Å². The monoisotopic (exact) mass is 382 g/mol. The van der Waals surface area contributed by atoms with Crippen LogP contribution in [0.25, 0.3) is 0 Å². The molecule has 1 N–H and O–H groups in total. The third kappa shape index (κ3) is 3.38. The van der Waals surface area contributed by atoms with E-state index in [1.165, 1.54) is 24.5 Å². The summed E-state index contributed by atoms with van der Waals surface area (Å²) in [7, 11) is -3.63.